The molecule has 1 atom stereocenters. The number of aliphatic carboxylic acids is 1. The summed E-state index contributed by atoms with van der Waals surface area (Å²) in [5.41, 5.74) is 0. The third-order valence-electron chi connectivity index (χ3n) is 3.65. The molecule has 0 saturated carbocycles. The van der Waals surface area contributed by atoms with E-state index in [0.717, 1.165) is 13.1 Å². The van der Waals surface area contributed by atoms with Gasteiger partial charge in [0.15, 0.2) is 0 Å². The quantitative estimate of drug-likeness (QED) is 0.713. The standard InChI is InChI=1S/C13H25N3O4/c1-3-16(11(2)10-12(18)19)13(20)15-6-4-14(5-7-15)8-9-17/h11,17H,3-10H2,1-2H3,(H,18,19). The summed E-state index contributed by atoms with van der Waals surface area (Å²) in [5.74, 6) is -0.892. The molecule has 2 amide bonds. The topological polar surface area (TPSA) is 84.3 Å². The monoisotopic (exact) mass is 287 g/mol. The fourth-order valence-corrected chi connectivity index (χ4v) is 2.48. The van der Waals surface area contributed by atoms with Crippen LogP contribution in [0.4, 0.5) is 4.79 Å². The van der Waals surface area contributed by atoms with E-state index in [9.17, 15) is 9.59 Å². The SMILES string of the molecule is CCN(C(=O)N1CCN(CCO)CC1)C(C)CC(=O)O. The van der Waals surface area contributed by atoms with Crippen molar-refractivity contribution in [3.8, 4) is 0 Å². The number of nitrogens with zero attached hydrogens (tertiary/aromatic N) is 3. The Hall–Kier alpha value is -1.34. The first-order chi connectivity index (χ1) is 9.49. The van der Waals surface area contributed by atoms with Gasteiger partial charge in [-0.15, -0.1) is 0 Å². The second-order valence-electron chi connectivity index (χ2n) is 5.07. The van der Waals surface area contributed by atoms with Gasteiger partial charge >= 0.3 is 12.0 Å². The Bertz CT molecular complexity index is 330. The molecule has 1 fully saturated rings. The Balaban J connectivity index is 2.53. The van der Waals surface area contributed by atoms with Crippen molar-refractivity contribution in [1.82, 2.24) is 14.7 Å². The molecule has 1 rings (SSSR count). The lowest BCUT2D eigenvalue weighted by atomic mass is 10.2. The molecule has 0 aromatic heterocycles. The summed E-state index contributed by atoms with van der Waals surface area (Å²) in [5, 5.41) is 17.7. The summed E-state index contributed by atoms with van der Waals surface area (Å²) in [6, 6.07) is -0.398. The zero-order valence-electron chi connectivity index (χ0n) is 12.3. The van der Waals surface area contributed by atoms with Gasteiger partial charge in [0, 0.05) is 45.3 Å². The Morgan fingerprint density at radius 2 is 1.85 bits per heavy atom. The second kappa shape index (κ2) is 8.06. The zero-order valence-corrected chi connectivity index (χ0v) is 12.3. The van der Waals surface area contributed by atoms with E-state index < -0.39 is 5.97 Å². The van der Waals surface area contributed by atoms with Crippen molar-refractivity contribution in [2.45, 2.75) is 26.3 Å². The van der Waals surface area contributed by atoms with Crippen LogP contribution in [-0.4, -0.2) is 88.8 Å². The fourth-order valence-electron chi connectivity index (χ4n) is 2.48. The lowest BCUT2D eigenvalue weighted by Crippen LogP contribution is -2.55. The van der Waals surface area contributed by atoms with Gasteiger partial charge in [-0.3, -0.25) is 9.69 Å². The molecule has 0 bridgehead atoms. The summed E-state index contributed by atoms with van der Waals surface area (Å²) < 4.78 is 0. The smallest absolute Gasteiger partial charge is 0.320 e. The van der Waals surface area contributed by atoms with Crippen LogP contribution in [0.25, 0.3) is 0 Å². The molecule has 1 aliphatic heterocycles. The number of carboxylic acids is 1. The molecular formula is C13H25N3O4. The van der Waals surface area contributed by atoms with Crippen molar-refractivity contribution >= 4 is 12.0 Å². The Morgan fingerprint density at radius 1 is 1.25 bits per heavy atom. The van der Waals surface area contributed by atoms with Crippen molar-refractivity contribution < 1.29 is 19.8 Å². The first-order valence-electron chi connectivity index (χ1n) is 7.10. The third kappa shape index (κ3) is 4.64. The van der Waals surface area contributed by atoms with Crippen LogP contribution in [0.3, 0.4) is 0 Å². The molecule has 0 radical (unpaired) electrons. The minimum atomic E-state index is -0.892. The number of urea groups is 1. The van der Waals surface area contributed by atoms with E-state index in [1.54, 1.807) is 16.7 Å². The number of aliphatic hydroxyl groups is 1. The van der Waals surface area contributed by atoms with Gasteiger partial charge < -0.3 is 20.0 Å². The summed E-state index contributed by atoms with van der Waals surface area (Å²) >= 11 is 0. The number of hydrogen-bond acceptors (Lipinski definition) is 4. The predicted molar refractivity (Wildman–Crippen MR) is 74.6 cm³/mol. The molecule has 0 aliphatic carbocycles. The molecule has 1 heterocycles. The van der Waals surface area contributed by atoms with Crippen molar-refractivity contribution in [2.75, 3.05) is 45.9 Å². The molecule has 0 aromatic rings. The van der Waals surface area contributed by atoms with Crippen molar-refractivity contribution in [3.05, 3.63) is 0 Å². The summed E-state index contributed by atoms with van der Waals surface area (Å²) in [4.78, 5) is 28.6. The van der Waals surface area contributed by atoms with Gasteiger partial charge in [0.2, 0.25) is 0 Å². The molecule has 0 aromatic carbocycles. The number of carboxylic acid groups (broad SMARTS) is 1. The zero-order chi connectivity index (χ0) is 15.1. The van der Waals surface area contributed by atoms with Crippen LogP contribution in [0.5, 0.6) is 0 Å². The van der Waals surface area contributed by atoms with Crippen molar-refractivity contribution in [3.63, 3.8) is 0 Å². The summed E-state index contributed by atoms with van der Waals surface area (Å²) in [6.07, 6.45) is -0.0376. The van der Waals surface area contributed by atoms with Gasteiger partial charge in [-0.05, 0) is 13.8 Å². The van der Waals surface area contributed by atoms with Gasteiger partial charge in [-0.1, -0.05) is 0 Å². The number of piperazine rings is 1. The highest BCUT2D eigenvalue weighted by molar-refractivity contribution is 5.76. The van der Waals surface area contributed by atoms with E-state index in [1.165, 1.54) is 0 Å². The van der Waals surface area contributed by atoms with E-state index >= 15 is 0 Å². The van der Waals surface area contributed by atoms with Gasteiger partial charge in [-0.2, -0.15) is 0 Å². The predicted octanol–water partition coefficient (Wildman–Crippen LogP) is -0.0986. The molecule has 1 unspecified atom stereocenters. The maximum absolute atomic E-state index is 12.4. The van der Waals surface area contributed by atoms with Crippen LogP contribution in [0.1, 0.15) is 20.3 Å². The summed E-state index contributed by atoms with van der Waals surface area (Å²) in [6.45, 7) is 7.62. The number of carbonyl (C=O) groups excluding carboxylic acids is 1. The average Bonchev–Trinajstić information content (AvgIpc) is 2.39. The van der Waals surface area contributed by atoms with E-state index in [-0.39, 0.29) is 25.1 Å². The maximum Gasteiger partial charge on any atom is 0.320 e. The lowest BCUT2D eigenvalue weighted by molar-refractivity contribution is -0.138. The first-order valence-corrected chi connectivity index (χ1v) is 7.10. The molecule has 1 aliphatic rings. The third-order valence-corrected chi connectivity index (χ3v) is 3.65. The van der Waals surface area contributed by atoms with E-state index in [0.29, 0.717) is 26.2 Å². The first kappa shape index (κ1) is 16.7. The molecule has 116 valence electrons. The number of hydrogen-bond donors (Lipinski definition) is 2. The van der Waals surface area contributed by atoms with Crippen LogP contribution in [-0.2, 0) is 4.79 Å². The molecule has 1 saturated heterocycles. The number of rotatable bonds is 6. The van der Waals surface area contributed by atoms with Crippen molar-refractivity contribution in [1.29, 1.82) is 0 Å². The highest BCUT2D eigenvalue weighted by Crippen LogP contribution is 2.10. The van der Waals surface area contributed by atoms with Gasteiger partial charge in [0.1, 0.15) is 0 Å². The highest BCUT2D eigenvalue weighted by atomic mass is 16.4. The molecule has 20 heavy (non-hydrogen) atoms. The van der Waals surface area contributed by atoms with Crippen LogP contribution in [0, 0.1) is 0 Å². The van der Waals surface area contributed by atoms with Crippen molar-refractivity contribution in [2.24, 2.45) is 0 Å². The average molecular weight is 287 g/mol. The Kier molecular flexibility index (Phi) is 6.74. The molecule has 7 heteroatoms. The second-order valence-corrected chi connectivity index (χ2v) is 5.07. The number of β-amino-alcohol motifs (C(OH)–C–C–N with tert-alkyl or cyclic N) is 1. The fraction of sp³-hybridized carbons (Fsp3) is 0.846. The number of carbonyl (C=O) groups is 2. The van der Waals surface area contributed by atoms with E-state index in [2.05, 4.69) is 4.90 Å². The van der Waals surface area contributed by atoms with Crippen LogP contribution in [0.2, 0.25) is 0 Å². The normalized spacial score (nSPS) is 17.9. The van der Waals surface area contributed by atoms with Crippen LogP contribution in [0.15, 0.2) is 0 Å². The molecule has 0 spiro atoms. The van der Waals surface area contributed by atoms with E-state index in [1.807, 2.05) is 6.92 Å². The number of amides is 2. The maximum atomic E-state index is 12.4. The summed E-state index contributed by atoms with van der Waals surface area (Å²) in [7, 11) is 0. The molecule has 7 nitrogen and oxygen atoms in total. The minimum Gasteiger partial charge on any atom is -0.481 e. The highest BCUT2D eigenvalue weighted by Gasteiger charge is 2.27. The van der Waals surface area contributed by atoms with Gasteiger partial charge in [0.05, 0.1) is 13.0 Å². The Morgan fingerprint density at radius 3 is 2.30 bits per heavy atom. The van der Waals surface area contributed by atoms with Gasteiger partial charge in [-0.25, -0.2) is 4.79 Å². The van der Waals surface area contributed by atoms with E-state index in [4.69, 9.17) is 10.2 Å². The molecule has 2 N–H and O–H groups in total. The largest absolute Gasteiger partial charge is 0.481 e. The minimum absolute atomic E-state index is 0.0376. The molecular weight excluding hydrogens is 262 g/mol. The lowest BCUT2D eigenvalue weighted by Gasteiger charge is -2.38. The Labute approximate surface area is 119 Å². The van der Waals surface area contributed by atoms with Crippen LogP contribution < -0.4 is 0 Å². The van der Waals surface area contributed by atoms with Gasteiger partial charge in [0.25, 0.3) is 0 Å². The van der Waals surface area contributed by atoms with Crippen LogP contribution >= 0.6 is 0 Å². The number of aliphatic hydroxyl groups excluding tert-OH is 1.